The van der Waals surface area contributed by atoms with Crippen molar-refractivity contribution < 1.29 is 0 Å². The van der Waals surface area contributed by atoms with Crippen LogP contribution in [0.25, 0.3) is 0 Å². The van der Waals surface area contributed by atoms with Crippen molar-refractivity contribution in [1.29, 1.82) is 0 Å². The van der Waals surface area contributed by atoms with E-state index in [1.807, 2.05) is 19.9 Å². The zero-order valence-electron chi connectivity index (χ0n) is 7.59. The minimum Gasteiger partial charge on any atom is -0.326 e. The molecule has 0 saturated carbocycles. The first-order chi connectivity index (χ1) is 5.15. The lowest BCUT2D eigenvalue weighted by Crippen LogP contribution is -2.18. The molecular weight excluding hydrogens is 211 g/mol. The van der Waals surface area contributed by atoms with E-state index in [1.165, 1.54) is 0 Å². The highest BCUT2D eigenvalue weighted by Crippen LogP contribution is 2.01. The van der Waals surface area contributed by atoms with Gasteiger partial charge in [0.2, 0.25) is 0 Å². The Morgan fingerprint density at radius 2 is 1.92 bits per heavy atom. The lowest BCUT2D eigenvalue weighted by Gasteiger charge is -2.01. The number of pyridine rings is 1. The molecule has 76 valence electrons. The van der Waals surface area contributed by atoms with Gasteiger partial charge in [0.15, 0.2) is 0 Å². The van der Waals surface area contributed by atoms with Crippen LogP contribution in [0.3, 0.4) is 0 Å². The Labute approximate surface area is 89.6 Å². The van der Waals surface area contributed by atoms with Gasteiger partial charge in [-0.3, -0.25) is 4.79 Å². The third kappa shape index (κ3) is 3.38. The molecule has 0 spiro atoms. The van der Waals surface area contributed by atoms with Gasteiger partial charge in [0.05, 0.1) is 0 Å². The van der Waals surface area contributed by atoms with Crippen LogP contribution in [0.2, 0.25) is 0 Å². The Hall–Kier alpha value is -0.510. The minimum absolute atomic E-state index is 0. The average molecular weight is 225 g/mol. The van der Waals surface area contributed by atoms with E-state index >= 15 is 0 Å². The van der Waals surface area contributed by atoms with Crippen molar-refractivity contribution in [2.24, 2.45) is 5.73 Å². The van der Waals surface area contributed by atoms with Gasteiger partial charge in [0.1, 0.15) is 0 Å². The number of rotatable bonds is 1. The second kappa shape index (κ2) is 6.02. The van der Waals surface area contributed by atoms with Crippen molar-refractivity contribution in [3.05, 3.63) is 33.2 Å². The number of nitrogens with two attached hydrogens (primary N) is 1. The van der Waals surface area contributed by atoms with E-state index in [-0.39, 0.29) is 30.4 Å². The molecule has 0 bridgehead atoms. The summed E-state index contributed by atoms with van der Waals surface area (Å²) in [4.78, 5) is 13.9. The Morgan fingerprint density at radius 3 is 2.31 bits per heavy atom. The molecule has 1 rings (SSSR count). The Kier molecular flexibility index (Phi) is 6.94. The Bertz CT molecular complexity index is 322. The number of hydrogen-bond donors (Lipinski definition) is 2. The van der Waals surface area contributed by atoms with Gasteiger partial charge in [-0.15, -0.1) is 24.8 Å². The highest BCUT2D eigenvalue weighted by atomic mass is 35.5. The predicted octanol–water partition coefficient (Wildman–Crippen LogP) is 1.29. The van der Waals surface area contributed by atoms with Gasteiger partial charge in [0, 0.05) is 17.8 Å². The maximum Gasteiger partial charge on any atom is 0.252 e. The number of halogens is 2. The van der Waals surface area contributed by atoms with Crippen molar-refractivity contribution in [2.45, 2.75) is 20.4 Å². The van der Waals surface area contributed by atoms with E-state index in [0.29, 0.717) is 12.1 Å². The van der Waals surface area contributed by atoms with Crippen molar-refractivity contribution in [1.82, 2.24) is 4.98 Å². The smallest absolute Gasteiger partial charge is 0.252 e. The fourth-order valence-corrected chi connectivity index (χ4v) is 1.14. The summed E-state index contributed by atoms with van der Waals surface area (Å²) in [5, 5.41) is 0. The first-order valence-electron chi connectivity index (χ1n) is 3.54. The van der Waals surface area contributed by atoms with Gasteiger partial charge in [0.25, 0.3) is 5.56 Å². The molecule has 0 aliphatic rings. The molecule has 3 N–H and O–H groups in total. The third-order valence-electron chi connectivity index (χ3n) is 1.70. The van der Waals surface area contributed by atoms with E-state index in [9.17, 15) is 4.79 Å². The Morgan fingerprint density at radius 1 is 1.38 bits per heavy atom. The number of aromatic nitrogens is 1. The standard InChI is InChI=1S/C8H12N2O.2ClH/c1-5-3-6(2)10-8(11)7(5)4-9;;/h3H,4,9H2,1-2H3,(H,10,11);2*1H. The summed E-state index contributed by atoms with van der Waals surface area (Å²) in [5.41, 5.74) is 7.84. The minimum atomic E-state index is -0.0648. The molecule has 0 atom stereocenters. The average Bonchev–Trinajstić information content (AvgIpc) is 1.85. The number of nitrogens with one attached hydrogen (secondary N) is 1. The topological polar surface area (TPSA) is 58.9 Å². The zero-order chi connectivity index (χ0) is 8.43. The van der Waals surface area contributed by atoms with Gasteiger partial charge in [-0.25, -0.2) is 0 Å². The quantitative estimate of drug-likeness (QED) is 0.756. The van der Waals surface area contributed by atoms with E-state index in [2.05, 4.69) is 4.98 Å². The molecule has 13 heavy (non-hydrogen) atoms. The van der Waals surface area contributed by atoms with E-state index in [0.717, 1.165) is 11.3 Å². The first kappa shape index (κ1) is 15.0. The molecule has 0 aliphatic carbocycles. The molecule has 3 nitrogen and oxygen atoms in total. The van der Waals surface area contributed by atoms with Crippen LogP contribution in [0.1, 0.15) is 16.8 Å². The molecule has 1 aromatic rings. The highest BCUT2D eigenvalue weighted by Gasteiger charge is 2.00. The van der Waals surface area contributed by atoms with Crippen LogP contribution >= 0.6 is 24.8 Å². The van der Waals surface area contributed by atoms with Crippen LogP contribution in [0, 0.1) is 13.8 Å². The third-order valence-corrected chi connectivity index (χ3v) is 1.70. The number of aryl methyl sites for hydroxylation is 2. The predicted molar refractivity (Wildman–Crippen MR) is 58.9 cm³/mol. The second-order valence-electron chi connectivity index (χ2n) is 2.65. The highest BCUT2D eigenvalue weighted by molar-refractivity contribution is 5.85. The molecule has 1 heterocycles. The molecule has 0 saturated heterocycles. The van der Waals surface area contributed by atoms with Crippen LogP contribution < -0.4 is 11.3 Å². The molecule has 1 aromatic heterocycles. The monoisotopic (exact) mass is 224 g/mol. The lowest BCUT2D eigenvalue weighted by molar-refractivity contribution is 0.975. The fourth-order valence-electron chi connectivity index (χ4n) is 1.14. The van der Waals surface area contributed by atoms with Gasteiger partial charge in [-0.1, -0.05) is 0 Å². The van der Waals surface area contributed by atoms with Gasteiger partial charge in [-0.2, -0.15) is 0 Å². The first-order valence-corrected chi connectivity index (χ1v) is 3.54. The zero-order valence-corrected chi connectivity index (χ0v) is 9.22. The van der Waals surface area contributed by atoms with Crippen LogP contribution in [-0.4, -0.2) is 4.98 Å². The maximum atomic E-state index is 11.2. The molecular formula is C8H14Cl2N2O. The van der Waals surface area contributed by atoms with Crippen molar-refractivity contribution in [3.63, 3.8) is 0 Å². The molecule has 0 unspecified atom stereocenters. The van der Waals surface area contributed by atoms with Gasteiger partial charge in [-0.05, 0) is 25.5 Å². The summed E-state index contributed by atoms with van der Waals surface area (Å²) < 4.78 is 0. The number of hydrogen-bond acceptors (Lipinski definition) is 2. The molecule has 0 aromatic carbocycles. The fraction of sp³-hybridized carbons (Fsp3) is 0.375. The lowest BCUT2D eigenvalue weighted by atomic mass is 10.1. The van der Waals surface area contributed by atoms with E-state index < -0.39 is 0 Å². The summed E-state index contributed by atoms with van der Waals surface area (Å²) in [6, 6.07) is 1.92. The van der Waals surface area contributed by atoms with E-state index in [4.69, 9.17) is 5.73 Å². The second-order valence-corrected chi connectivity index (χ2v) is 2.65. The van der Waals surface area contributed by atoms with Crippen LogP contribution in [0.4, 0.5) is 0 Å². The molecule has 0 aliphatic heterocycles. The molecule has 5 heteroatoms. The van der Waals surface area contributed by atoms with Crippen molar-refractivity contribution >= 4 is 24.8 Å². The summed E-state index contributed by atoms with van der Waals surface area (Å²) in [6.45, 7) is 4.06. The van der Waals surface area contributed by atoms with Gasteiger partial charge >= 0.3 is 0 Å². The van der Waals surface area contributed by atoms with Crippen LogP contribution in [0.5, 0.6) is 0 Å². The summed E-state index contributed by atoms with van der Waals surface area (Å²) in [7, 11) is 0. The normalized spacial score (nSPS) is 8.54. The number of aromatic amines is 1. The van der Waals surface area contributed by atoms with Crippen molar-refractivity contribution in [3.8, 4) is 0 Å². The van der Waals surface area contributed by atoms with Crippen molar-refractivity contribution in [2.75, 3.05) is 0 Å². The summed E-state index contributed by atoms with van der Waals surface area (Å²) in [6.07, 6.45) is 0. The molecule has 0 radical (unpaired) electrons. The largest absolute Gasteiger partial charge is 0.326 e. The molecule has 0 fully saturated rings. The van der Waals surface area contributed by atoms with Crippen LogP contribution in [0.15, 0.2) is 10.9 Å². The summed E-state index contributed by atoms with van der Waals surface area (Å²) in [5.74, 6) is 0. The molecule has 0 amide bonds. The Balaban J connectivity index is 0. The van der Waals surface area contributed by atoms with E-state index in [1.54, 1.807) is 0 Å². The number of H-pyrrole nitrogens is 1. The summed E-state index contributed by atoms with van der Waals surface area (Å²) >= 11 is 0. The SMILES string of the molecule is Cc1cc(C)c(CN)c(=O)[nH]1.Cl.Cl. The van der Waals surface area contributed by atoms with Crippen LogP contribution in [-0.2, 0) is 6.54 Å². The maximum absolute atomic E-state index is 11.2. The van der Waals surface area contributed by atoms with Gasteiger partial charge < -0.3 is 10.7 Å².